The van der Waals surface area contributed by atoms with Gasteiger partial charge in [-0.15, -0.1) is 0 Å². The molecule has 2 aliphatic heterocycles. The topological polar surface area (TPSA) is 228 Å². The van der Waals surface area contributed by atoms with Crippen LogP contribution < -0.4 is 5.32 Å². The number of carbonyl (C=O) groups excluding carboxylic acids is 1. The Kier molecular flexibility index (Phi) is 46.0. The van der Waals surface area contributed by atoms with E-state index in [4.69, 9.17) is 18.9 Å². The number of aliphatic hydroxyl groups is 8. The number of unbranched alkanes of at least 4 members (excludes halogenated alkanes) is 38. The second-order valence-corrected chi connectivity index (χ2v) is 23.2. The van der Waals surface area contributed by atoms with Crippen LogP contribution in [0.3, 0.4) is 0 Å². The minimum atomic E-state index is -1.78. The molecule has 0 radical (unpaired) electrons. The standard InChI is InChI=1S/C63H121NO13/c1-3-5-7-9-11-13-15-17-19-20-21-22-23-24-25-26-27-28-29-30-31-32-33-35-37-39-41-43-45-47-55(68)64-51(52(67)46-44-42-40-38-36-34-18-16-14-12-10-8-6-4-2)50-74-62-60(73)58(71)61(54(49-66)76-62)77-63-59(72)57(70)56(69)53(48-65)75-63/h20-21,51-54,56-63,65-67,69-73H,3-19,22-50H2,1-2H3,(H,64,68)/b21-20-. The Bertz CT molecular complexity index is 1340. The van der Waals surface area contributed by atoms with Crippen LogP contribution in [0.1, 0.15) is 290 Å². The summed E-state index contributed by atoms with van der Waals surface area (Å²) in [7, 11) is 0. The molecule has 2 aliphatic rings. The number of allylic oxidation sites excluding steroid dienone is 2. The Labute approximate surface area is 469 Å². The van der Waals surface area contributed by atoms with Gasteiger partial charge in [-0.2, -0.15) is 0 Å². The summed E-state index contributed by atoms with van der Waals surface area (Å²) in [6, 6.07) is -0.824. The van der Waals surface area contributed by atoms with Crippen LogP contribution in [-0.4, -0.2) is 140 Å². The third-order valence-electron chi connectivity index (χ3n) is 16.2. The van der Waals surface area contributed by atoms with E-state index in [-0.39, 0.29) is 12.5 Å². The molecule has 2 fully saturated rings. The van der Waals surface area contributed by atoms with Gasteiger partial charge in [0.15, 0.2) is 12.6 Å². The summed E-state index contributed by atoms with van der Waals surface area (Å²) >= 11 is 0. The van der Waals surface area contributed by atoms with Crippen LogP contribution >= 0.6 is 0 Å². The zero-order chi connectivity index (χ0) is 56.0. The highest BCUT2D eigenvalue weighted by molar-refractivity contribution is 5.76. The molecule has 12 atom stereocenters. The average Bonchev–Trinajstić information content (AvgIpc) is 3.43. The molecule has 14 nitrogen and oxygen atoms in total. The fourth-order valence-corrected chi connectivity index (χ4v) is 11.0. The predicted octanol–water partition coefficient (Wildman–Crippen LogP) is 11.8. The maximum Gasteiger partial charge on any atom is 0.220 e. The Balaban J connectivity index is 1.65. The lowest BCUT2D eigenvalue weighted by atomic mass is 9.97. The molecule has 0 bridgehead atoms. The maximum absolute atomic E-state index is 13.3. The second-order valence-electron chi connectivity index (χ2n) is 23.2. The molecule has 0 aromatic rings. The number of rotatable bonds is 53. The van der Waals surface area contributed by atoms with Crippen LogP contribution in [0.4, 0.5) is 0 Å². The first-order chi connectivity index (χ1) is 37.6. The molecule has 2 heterocycles. The molecule has 0 aliphatic carbocycles. The van der Waals surface area contributed by atoms with Crippen LogP contribution in [-0.2, 0) is 23.7 Å². The molecular weight excluding hydrogens is 979 g/mol. The second kappa shape index (κ2) is 49.3. The van der Waals surface area contributed by atoms with Gasteiger partial charge in [-0.05, 0) is 38.5 Å². The first-order valence-electron chi connectivity index (χ1n) is 32.4. The summed E-state index contributed by atoms with van der Waals surface area (Å²) in [6.07, 6.45) is 40.8. The van der Waals surface area contributed by atoms with Gasteiger partial charge < -0.3 is 65.1 Å². The van der Waals surface area contributed by atoms with Crippen molar-refractivity contribution < 1.29 is 64.6 Å². The van der Waals surface area contributed by atoms with Gasteiger partial charge in [0.1, 0.15) is 48.8 Å². The number of aliphatic hydroxyl groups excluding tert-OH is 8. The lowest BCUT2D eigenvalue weighted by Crippen LogP contribution is -2.65. The molecule has 77 heavy (non-hydrogen) atoms. The highest BCUT2D eigenvalue weighted by Gasteiger charge is 2.51. The van der Waals surface area contributed by atoms with E-state index in [1.54, 1.807) is 0 Å². The van der Waals surface area contributed by atoms with Crippen molar-refractivity contribution >= 4 is 5.91 Å². The Morgan fingerprint density at radius 1 is 0.455 bits per heavy atom. The van der Waals surface area contributed by atoms with Crippen molar-refractivity contribution in [1.82, 2.24) is 5.32 Å². The molecule has 12 unspecified atom stereocenters. The number of nitrogens with one attached hydrogen (secondary N) is 1. The summed E-state index contributed by atoms with van der Waals surface area (Å²) in [4.78, 5) is 13.3. The van der Waals surface area contributed by atoms with E-state index in [0.29, 0.717) is 12.8 Å². The Morgan fingerprint density at radius 3 is 1.23 bits per heavy atom. The smallest absolute Gasteiger partial charge is 0.220 e. The largest absolute Gasteiger partial charge is 0.394 e. The van der Waals surface area contributed by atoms with E-state index < -0.39 is 86.8 Å². The van der Waals surface area contributed by atoms with Crippen molar-refractivity contribution in [3.8, 4) is 0 Å². The molecule has 9 N–H and O–H groups in total. The van der Waals surface area contributed by atoms with E-state index >= 15 is 0 Å². The fourth-order valence-electron chi connectivity index (χ4n) is 11.0. The number of carbonyl (C=O) groups is 1. The van der Waals surface area contributed by atoms with Gasteiger partial charge in [-0.25, -0.2) is 0 Å². The van der Waals surface area contributed by atoms with Crippen molar-refractivity contribution in [2.24, 2.45) is 0 Å². The van der Waals surface area contributed by atoms with E-state index in [0.717, 1.165) is 51.4 Å². The van der Waals surface area contributed by atoms with Crippen molar-refractivity contribution in [3.05, 3.63) is 12.2 Å². The van der Waals surface area contributed by atoms with Crippen LogP contribution in [0.5, 0.6) is 0 Å². The van der Waals surface area contributed by atoms with Gasteiger partial charge >= 0.3 is 0 Å². The summed E-state index contributed by atoms with van der Waals surface area (Å²) in [5.74, 6) is -0.201. The minimum absolute atomic E-state index is 0.201. The highest BCUT2D eigenvalue weighted by atomic mass is 16.7. The zero-order valence-electron chi connectivity index (χ0n) is 49.2. The normalized spacial score (nSPS) is 24.7. The van der Waals surface area contributed by atoms with E-state index in [2.05, 4.69) is 31.3 Å². The average molecular weight is 1100 g/mol. The molecule has 0 spiro atoms. The molecule has 14 heteroatoms. The SMILES string of the molecule is CCCCCCCCCC/C=C\CCCCCCCCCCCCCCCCCCCC(=O)NC(COC1OC(CO)C(OC2OC(CO)C(O)C(O)C2O)C(O)C1O)C(O)CCCCCCCCCCCCCCCC. The molecular formula is C63H121NO13. The molecule has 0 aromatic carbocycles. The van der Waals surface area contributed by atoms with Gasteiger partial charge in [0.2, 0.25) is 5.91 Å². The van der Waals surface area contributed by atoms with Crippen LogP contribution in [0, 0.1) is 0 Å². The quantitative estimate of drug-likeness (QED) is 0.0204. The van der Waals surface area contributed by atoms with E-state index in [9.17, 15) is 45.6 Å². The van der Waals surface area contributed by atoms with Crippen molar-refractivity contribution in [2.75, 3.05) is 19.8 Å². The molecule has 2 rings (SSSR count). The van der Waals surface area contributed by atoms with Crippen LogP contribution in [0.2, 0.25) is 0 Å². The van der Waals surface area contributed by atoms with Crippen molar-refractivity contribution in [3.63, 3.8) is 0 Å². The lowest BCUT2D eigenvalue weighted by Gasteiger charge is -2.46. The summed E-state index contributed by atoms with van der Waals surface area (Å²) in [5.41, 5.74) is 0. The maximum atomic E-state index is 13.3. The monoisotopic (exact) mass is 1100 g/mol. The van der Waals surface area contributed by atoms with Gasteiger partial charge in [0.25, 0.3) is 0 Å². The molecule has 2 saturated heterocycles. The van der Waals surface area contributed by atoms with Gasteiger partial charge in [0.05, 0.1) is 32.0 Å². The fraction of sp³-hybridized carbons (Fsp3) is 0.952. The summed E-state index contributed by atoms with van der Waals surface area (Å²) in [6.45, 7) is 2.89. The van der Waals surface area contributed by atoms with Crippen molar-refractivity contribution in [1.29, 1.82) is 0 Å². The highest BCUT2D eigenvalue weighted by Crippen LogP contribution is 2.30. The predicted molar refractivity (Wildman–Crippen MR) is 309 cm³/mol. The molecule has 0 saturated carbocycles. The molecule has 0 aromatic heterocycles. The third kappa shape index (κ3) is 34.7. The van der Waals surface area contributed by atoms with Crippen molar-refractivity contribution in [2.45, 2.75) is 364 Å². The number of ether oxygens (including phenoxy) is 4. The first kappa shape index (κ1) is 71.8. The van der Waals surface area contributed by atoms with Crippen LogP contribution in [0.25, 0.3) is 0 Å². The number of hydrogen-bond acceptors (Lipinski definition) is 13. The Morgan fingerprint density at radius 2 is 0.818 bits per heavy atom. The van der Waals surface area contributed by atoms with Gasteiger partial charge in [0, 0.05) is 6.42 Å². The first-order valence-corrected chi connectivity index (χ1v) is 32.4. The van der Waals surface area contributed by atoms with Crippen LogP contribution in [0.15, 0.2) is 12.2 Å². The summed E-state index contributed by atoms with van der Waals surface area (Å²) in [5, 5.41) is 87.3. The lowest BCUT2D eigenvalue weighted by molar-refractivity contribution is -0.359. The minimum Gasteiger partial charge on any atom is -0.394 e. The third-order valence-corrected chi connectivity index (χ3v) is 16.2. The van der Waals surface area contributed by atoms with E-state index in [1.807, 2.05) is 0 Å². The molecule has 456 valence electrons. The zero-order valence-corrected chi connectivity index (χ0v) is 49.2. The van der Waals surface area contributed by atoms with Gasteiger partial charge in [-0.1, -0.05) is 257 Å². The van der Waals surface area contributed by atoms with Gasteiger partial charge in [-0.3, -0.25) is 4.79 Å². The summed E-state index contributed by atoms with van der Waals surface area (Å²) < 4.78 is 22.9. The van der Waals surface area contributed by atoms with E-state index in [1.165, 1.54) is 212 Å². The number of amides is 1. The molecule has 1 amide bonds. The number of hydrogen-bond donors (Lipinski definition) is 9. The Hall–Kier alpha value is -1.27.